The van der Waals surface area contributed by atoms with Gasteiger partial charge in [-0.2, -0.15) is 0 Å². The highest BCUT2D eigenvalue weighted by Gasteiger charge is 2.17. The van der Waals surface area contributed by atoms with Gasteiger partial charge in [-0.05, 0) is 29.3 Å². The van der Waals surface area contributed by atoms with Gasteiger partial charge in [0.2, 0.25) is 0 Å². The summed E-state index contributed by atoms with van der Waals surface area (Å²) in [5, 5.41) is 1.54. The number of fused-ring (bicyclic) bond motifs is 3. The first-order chi connectivity index (χ1) is 14.7. The van der Waals surface area contributed by atoms with Gasteiger partial charge in [-0.15, -0.1) is 11.3 Å². The van der Waals surface area contributed by atoms with Crippen LogP contribution in [0.4, 0.5) is 4.39 Å². The summed E-state index contributed by atoms with van der Waals surface area (Å²) in [4.78, 5) is 22.4. The van der Waals surface area contributed by atoms with Gasteiger partial charge in [-0.3, -0.25) is 14.3 Å². The van der Waals surface area contributed by atoms with Crippen LogP contribution in [0.15, 0.2) is 83.0 Å². The maximum absolute atomic E-state index is 14.1. The Balaban J connectivity index is 1.65. The molecule has 0 radical (unpaired) electrons. The summed E-state index contributed by atoms with van der Waals surface area (Å²) in [7, 11) is 0. The Morgan fingerprint density at radius 3 is 2.70 bits per heavy atom. The molecule has 0 N–H and O–H groups in total. The minimum Gasteiger partial charge on any atom is -0.282 e. The van der Waals surface area contributed by atoms with E-state index in [1.165, 1.54) is 29.2 Å². The second-order valence-corrected chi connectivity index (χ2v) is 8.80. The molecule has 0 amide bonds. The van der Waals surface area contributed by atoms with Gasteiger partial charge in [0.15, 0.2) is 5.16 Å². The minimum absolute atomic E-state index is 0.0823. The average molecular weight is 434 g/mol. The Morgan fingerprint density at radius 1 is 1.03 bits per heavy atom. The minimum atomic E-state index is -0.256. The number of thioether (sulfide) groups is 1. The molecule has 2 aromatic carbocycles. The van der Waals surface area contributed by atoms with Crippen molar-refractivity contribution in [2.75, 3.05) is 0 Å². The fourth-order valence-corrected chi connectivity index (χ4v) is 5.40. The van der Waals surface area contributed by atoms with Gasteiger partial charge in [0.1, 0.15) is 10.5 Å². The number of halogens is 1. The molecule has 30 heavy (non-hydrogen) atoms. The molecular weight excluding hydrogens is 417 g/mol. The molecule has 0 spiro atoms. The predicted molar refractivity (Wildman–Crippen MR) is 121 cm³/mol. The molecule has 0 saturated carbocycles. The van der Waals surface area contributed by atoms with Crippen LogP contribution in [0, 0.1) is 5.82 Å². The molecule has 0 saturated heterocycles. The quantitative estimate of drug-likeness (QED) is 0.272. The lowest BCUT2D eigenvalue weighted by Crippen LogP contribution is -2.23. The number of hydrogen-bond acceptors (Lipinski definition) is 5. The second-order valence-electron chi connectivity index (χ2n) is 6.80. The molecule has 0 bridgehead atoms. The van der Waals surface area contributed by atoms with Crippen LogP contribution in [0.2, 0.25) is 0 Å². The standard InChI is InChI=1S/C23H16FN3OS2/c24-18-9-3-1-7-16(18)14-29-23-26-20-17-8-2-4-10-19(17)30-21(20)22(28)27(23)13-15-6-5-11-25-12-15/h1-12H,13-14H2. The van der Waals surface area contributed by atoms with E-state index in [0.717, 1.165) is 15.6 Å². The predicted octanol–water partition coefficient (Wildman–Crippen LogP) is 5.49. The highest BCUT2D eigenvalue weighted by molar-refractivity contribution is 7.98. The Bertz CT molecular complexity index is 1410. The van der Waals surface area contributed by atoms with Crippen LogP contribution in [0.1, 0.15) is 11.1 Å². The molecule has 4 nitrogen and oxygen atoms in total. The van der Waals surface area contributed by atoms with Gasteiger partial charge >= 0.3 is 0 Å². The summed E-state index contributed by atoms with van der Waals surface area (Å²) in [6.07, 6.45) is 3.44. The van der Waals surface area contributed by atoms with Crippen LogP contribution < -0.4 is 5.56 Å². The third-order valence-corrected chi connectivity index (χ3v) is 7.00. The number of pyridine rings is 1. The summed E-state index contributed by atoms with van der Waals surface area (Å²) >= 11 is 2.83. The maximum Gasteiger partial charge on any atom is 0.272 e. The Hall–Kier alpha value is -3.03. The van der Waals surface area contributed by atoms with Crippen molar-refractivity contribution in [1.29, 1.82) is 0 Å². The lowest BCUT2D eigenvalue weighted by Gasteiger charge is -2.12. The number of aromatic nitrogens is 3. The number of hydrogen-bond donors (Lipinski definition) is 0. The largest absolute Gasteiger partial charge is 0.282 e. The first-order valence-corrected chi connectivity index (χ1v) is 11.2. The Kier molecular flexibility index (Phi) is 5.06. The molecule has 0 fully saturated rings. The number of rotatable bonds is 5. The molecule has 3 heterocycles. The van der Waals surface area contributed by atoms with E-state index in [-0.39, 0.29) is 11.4 Å². The highest BCUT2D eigenvalue weighted by Crippen LogP contribution is 2.32. The van der Waals surface area contributed by atoms with Crippen molar-refractivity contribution in [2.24, 2.45) is 0 Å². The van der Waals surface area contributed by atoms with Crippen molar-refractivity contribution in [3.05, 3.63) is 100 Å². The van der Waals surface area contributed by atoms with Gasteiger partial charge in [0, 0.05) is 28.2 Å². The average Bonchev–Trinajstić information content (AvgIpc) is 3.15. The molecule has 0 aliphatic heterocycles. The van der Waals surface area contributed by atoms with Crippen LogP contribution in [0.3, 0.4) is 0 Å². The number of benzene rings is 2. The van der Waals surface area contributed by atoms with E-state index in [1.54, 1.807) is 29.1 Å². The Labute approximate surface area is 180 Å². The summed E-state index contributed by atoms with van der Waals surface area (Å²) < 4.78 is 17.5. The third-order valence-electron chi connectivity index (χ3n) is 4.83. The van der Waals surface area contributed by atoms with E-state index < -0.39 is 0 Å². The first kappa shape index (κ1) is 19.0. The van der Waals surface area contributed by atoms with Crippen molar-refractivity contribution in [3.63, 3.8) is 0 Å². The van der Waals surface area contributed by atoms with E-state index >= 15 is 0 Å². The summed E-state index contributed by atoms with van der Waals surface area (Å²) in [5.41, 5.74) is 2.12. The van der Waals surface area contributed by atoms with Crippen molar-refractivity contribution >= 4 is 43.4 Å². The topological polar surface area (TPSA) is 47.8 Å². The van der Waals surface area contributed by atoms with Crippen molar-refractivity contribution in [2.45, 2.75) is 17.5 Å². The zero-order chi connectivity index (χ0) is 20.5. The van der Waals surface area contributed by atoms with Crippen LogP contribution in [0.5, 0.6) is 0 Å². The van der Waals surface area contributed by atoms with Crippen molar-refractivity contribution < 1.29 is 4.39 Å². The molecule has 5 rings (SSSR count). The van der Waals surface area contributed by atoms with Crippen LogP contribution in [0.25, 0.3) is 20.3 Å². The number of thiophene rings is 1. The fourth-order valence-electron chi connectivity index (χ4n) is 3.33. The lowest BCUT2D eigenvalue weighted by molar-refractivity contribution is 0.616. The molecule has 0 aliphatic rings. The SMILES string of the molecule is O=c1c2sc3ccccc3c2nc(SCc2ccccc2F)n1Cc1cccnc1. The summed E-state index contributed by atoms with van der Waals surface area (Å²) in [6.45, 7) is 0.365. The van der Waals surface area contributed by atoms with Gasteiger partial charge in [0.05, 0.1) is 12.1 Å². The van der Waals surface area contributed by atoms with Crippen molar-refractivity contribution in [1.82, 2.24) is 14.5 Å². The van der Waals surface area contributed by atoms with Crippen LogP contribution in [-0.4, -0.2) is 14.5 Å². The maximum atomic E-state index is 14.1. The molecule has 7 heteroatoms. The molecule has 0 aliphatic carbocycles. The zero-order valence-corrected chi connectivity index (χ0v) is 17.4. The molecule has 3 aromatic heterocycles. The molecule has 5 aromatic rings. The lowest BCUT2D eigenvalue weighted by atomic mass is 10.2. The second kappa shape index (κ2) is 8.01. The zero-order valence-electron chi connectivity index (χ0n) is 15.8. The fraction of sp³-hybridized carbons (Fsp3) is 0.0870. The van der Waals surface area contributed by atoms with Crippen molar-refractivity contribution in [3.8, 4) is 0 Å². The van der Waals surface area contributed by atoms with E-state index in [1.807, 2.05) is 42.5 Å². The van der Waals surface area contributed by atoms with Crippen LogP contribution >= 0.6 is 23.1 Å². The van der Waals surface area contributed by atoms with Gasteiger partial charge in [-0.1, -0.05) is 54.2 Å². The number of nitrogens with zero attached hydrogens (tertiary/aromatic N) is 3. The van der Waals surface area contributed by atoms with Gasteiger partial charge in [0.25, 0.3) is 5.56 Å². The molecular formula is C23H16FN3OS2. The van der Waals surface area contributed by atoms with E-state index in [9.17, 15) is 9.18 Å². The van der Waals surface area contributed by atoms with Gasteiger partial charge in [-0.25, -0.2) is 9.37 Å². The summed E-state index contributed by atoms with van der Waals surface area (Å²) in [5.74, 6) is 0.132. The highest BCUT2D eigenvalue weighted by atomic mass is 32.2. The van der Waals surface area contributed by atoms with E-state index in [0.29, 0.717) is 33.2 Å². The van der Waals surface area contributed by atoms with E-state index in [4.69, 9.17) is 4.98 Å². The third kappa shape index (κ3) is 3.51. The normalized spacial score (nSPS) is 11.4. The van der Waals surface area contributed by atoms with Crippen LogP contribution in [-0.2, 0) is 12.3 Å². The van der Waals surface area contributed by atoms with E-state index in [2.05, 4.69) is 4.98 Å². The smallest absolute Gasteiger partial charge is 0.272 e. The molecule has 0 unspecified atom stereocenters. The summed E-state index contributed by atoms with van der Waals surface area (Å²) in [6, 6.07) is 18.3. The van der Waals surface area contributed by atoms with Gasteiger partial charge < -0.3 is 0 Å². The molecule has 0 atom stereocenters. The monoisotopic (exact) mass is 433 g/mol. The Morgan fingerprint density at radius 2 is 1.87 bits per heavy atom. The molecule has 148 valence electrons. The first-order valence-electron chi connectivity index (χ1n) is 9.38.